The van der Waals surface area contributed by atoms with E-state index in [2.05, 4.69) is 15.9 Å². The maximum Gasteiger partial charge on any atom is 0.320 e. The molecule has 0 aliphatic heterocycles. The lowest BCUT2D eigenvalue weighted by Gasteiger charge is -2.17. The van der Waals surface area contributed by atoms with E-state index in [9.17, 15) is 4.79 Å². The summed E-state index contributed by atoms with van der Waals surface area (Å²) in [6.45, 7) is 2.45. The van der Waals surface area contributed by atoms with E-state index in [-0.39, 0.29) is 0 Å². The number of nitrogens with zero attached hydrogens (tertiary/aromatic N) is 1. The predicted molar refractivity (Wildman–Crippen MR) is 58.4 cm³/mol. The summed E-state index contributed by atoms with van der Waals surface area (Å²) >= 11 is 8.71. The Bertz CT molecular complexity index is 299. The van der Waals surface area contributed by atoms with Crippen LogP contribution in [0.3, 0.4) is 0 Å². The van der Waals surface area contributed by atoms with Crippen molar-refractivity contribution in [3.63, 3.8) is 0 Å². The second-order valence-corrected chi connectivity index (χ2v) is 3.71. The van der Waals surface area contributed by atoms with E-state index in [1.165, 1.54) is 4.90 Å². The Balaban J connectivity index is 2.92. The fourth-order valence-electron chi connectivity index (χ4n) is 1.03. The molecule has 1 aromatic rings. The van der Waals surface area contributed by atoms with Crippen molar-refractivity contribution < 1.29 is 4.79 Å². The Labute approximate surface area is 90.6 Å². The molecule has 0 bridgehead atoms. The van der Waals surface area contributed by atoms with E-state index in [4.69, 9.17) is 11.6 Å². The molecule has 0 saturated heterocycles. The molecule has 0 fully saturated rings. The topological polar surface area (TPSA) is 20.3 Å². The van der Waals surface area contributed by atoms with Crippen molar-refractivity contribution in [1.82, 2.24) is 0 Å². The molecule has 0 heterocycles. The first kappa shape index (κ1) is 10.5. The van der Waals surface area contributed by atoms with E-state index in [0.29, 0.717) is 6.54 Å². The van der Waals surface area contributed by atoms with Gasteiger partial charge in [-0.3, -0.25) is 9.69 Å². The van der Waals surface area contributed by atoms with Crippen LogP contribution in [0, 0.1) is 0 Å². The molecule has 0 saturated carbocycles. The van der Waals surface area contributed by atoms with Gasteiger partial charge in [-0.15, -0.1) is 0 Å². The Hall–Kier alpha value is -0.540. The third-order valence-electron chi connectivity index (χ3n) is 1.67. The molecular formula is C9H9BrClNO. The third-order valence-corrected chi connectivity index (χ3v) is 2.40. The molecule has 1 amide bonds. The summed E-state index contributed by atoms with van der Waals surface area (Å²) in [5, 5.41) is -0.454. The van der Waals surface area contributed by atoms with E-state index in [0.717, 1.165) is 10.2 Å². The summed E-state index contributed by atoms with van der Waals surface area (Å²) in [4.78, 5) is 12.4. The number of benzene rings is 1. The number of anilines is 1. The van der Waals surface area contributed by atoms with Crippen LogP contribution in [0.25, 0.3) is 0 Å². The normalized spacial score (nSPS) is 9.77. The van der Waals surface area contributed by atoms with E-state index >= 15 is 0 Å². The Morgan fingerprint density at radius 1 is 1.46 bits per heavy atom. The molecule has 4 heteroatoms. The maximum absolute atomic E-state index is 10.9. The molecule has 0 N–H and O–H groups in total. The number of amides is 1. The van der Waals surface area contributed by atoms with Crippen molar-refractivity contribution in [2.75, 3.05) is 11.4 Å². The summed E-state index contributed by atoms with van der Waals surface area (Å²) in [5.74, 6) is 0. The minimum atomic E-state index is -0.454. The zero-order chi connectivity index (χ0) is 9.84. The maximum atomic E-state index is 10.9. The van der Waals surface area contributed by atoms with Crippen LogP contribution in [0.15, 0.2) is 28.7 Å². The summed E-state index contributed by atoms with van der Waals surface area (Å²) in [6.07, 6.45) is 0. The highest BCUT2D eigenvalue weighted by Gasteiger charge is 2.09. The van der Waals surface area contributed by atoms with Crippen LogP contribution in [-0.2, 0) is 0 Å². The van der Waals surface area contributed by atoms with Gasteiger partial charge in [-0.25, -0.2) is 0 Å². The van der Waals surface area contributed by atoms with E-state index in [1.54, 1.807) is 0 Å². The summed E-state index contributed by atoms with van der Waals surface area (Å²) < 4.78 is 0.981. The molecule has 0 unspecified atom stereocenters. The minimum absolute atomic E-state index is 0.454. The van der Waals surface area contributed by atoms with Gasteiger partial charge in [0, 0.05) is 16.7 Å². The van der Waals surface area contributed by atoms with Crippen molar-refractivity contribution in [3.8, 4) is 0 Å². The second kappa shape index (κ2) is 4.63. The molecule has 0 aliphatic rings. The number of carbonyl (C=O) groups is 1. The third kappa shape index (κ3) is 2.71. The van der Waals surface area contributed by atoms with E-state index in [1.807, 2.05) is 31.2 Å². The molecule has 0 aliphatic carbocycles. The van der Waals surface area contributed by atoms with Crippen molar-refractivity contribution in [2.24, 2.45) is 0 Å². The zero-order valence-corrected chi connectivity index (χ0v) is 9.47. The number of halogens is 2. The minimum Gasteiger partial charge on any atom is -0.299 e. The van der Waals surface area contributed by atoms with Crippen LogP contribution in [0.2, 0.25) is 0 Å². The average molecular weight is 263 g/mol. The number of hydrogen-bond acceptors (Lipinski definition) is 1. The zero-order valence-electron chi connectivity index (χ0n) is 7.13. The lowest BCUT2D eigenvalue weighted by Crippen LogP contribution is -2.24. The Morgan fingerprint density at radius 3 is 2.38 bits per heavy atom. The Morgan fingerprint density at radius 2 is 2.00 bits per heavy atom. The highest BCUT2D eigenvalue weighted by molar-refractivity contribution is 9.10. The lowest BCUT2D eigenvalue weighted by molar-refractivity contribution is 0.264. The highest BCUT2D eigenvalue weighted by atomic mass is 79.9. The molecule has 1 aromatic carbocycles. The summed E-state index contributed by atoms with van der Waals surface area (Å²) in [5.41, 5.74) is 0.811. The number of rotatable bonds is 2. The van der Waals surface area contributed by atoms with Gasteiger partial charge >= 0.3 is 5.37 Å². The quantitative estimate of drug-likeness (QED) is 0.589. The van der Waals surface area contributed by atoms with Gasteiger partial charge < -0.3 is 0 Å². The van der Waals surface area contributed by atoms with Crippen LogP contribution in [0.4, 0.5) is 10.5 Å². The van der Waals surface area contributed by atoms with Crippen LogP contribution in [-0.4, -0.2) is 11.9 Å². The van der Waals surface area contributed by atoms with E-state index < -0.39 is 5.37 Å². The fraction of sp³-hybridized carbons (Fsp3) is 0.222. The molecule has 0 atom stereocenters. The molecule has 70 valence electrons. The molecule has 0 radical (unpaired) electrons. The van der Waals surface area contributed by atoms with Crippen LogP contribution < -0.4 is 4.90 Å². The molecule has 2 nitrogen and oxygen atoms in total. The monoisotopic (exact) mass is 261 g/mol. The first-order valence-corrected chi connectivity index (χ1v) is 5.04. The standard InChI is InChI=1S/C9H9BrClNO/c1-2-12(9(11)13)8-5-3-7(10)4-6-8/h3-6H,2H2,1H3. The van der Waals surface area contributed by atoms with Crippen LogP contribution >= 0.6 is 27.5 Å². The van der Waals surface area contributed by atoms with Crippen molar-refractivity contribution >= 4 is 38.6 Å². The average Bonchev–Trinajstić information content (AvgIpc) is 2.09. The molecule has 1 rings (SSSR count). The van der Waals surface area contributed by atoms with Gasteiger partial charge in [0.05, 0.1) is 0 Å². The number of hydrogen-bond donors (Lipinski definition) is 0. The van der Waals surface area contributed by atoms with Crippen LogP contribution in [0.1, 0.15) is 6.92 Å². The van der Waals surface area contributed by atoms with Gasteiger partial charge in [-0.2, -0.15) is 0 Å². The van der Waals surface area contributed by atoms with Gasteiger partial charge in [0.25, 0.3) is 0 Å². The molecular weight excluding hydrogens is 253 g/mol. The molecule has 0 spiro atoms. The highest BCUT2D eigenvalue weighted by Crippen LogP contribution is 2.19. The lowest BCUT2D eigenvalue weighted by atomic mass is 10.3. The number of carbonyl (C=O) groups excluding carboxylic acids is 1. The predicted octanol–water partition coefficient (Wildman–Crippen LogP) is 3.63. The van der Waals surface area contributed by atoms with Gasteiger partial charge in [0.2, 0.25) is 0 Å². The largest absolute Gasteiger partial charge is 0.320 e. The van der Waals surface area contributed by atoms with Gasteiger partial charge in [0.15, 0.2) is 0 Å². The molecule has 0 aromatic heterocycles. The van der Waals surface area contributed by atoms with Gasteiger partial charge in [-0.1, -0.05) is 15.9 Å². The molecule has 13 heavy (non-hydrogen) atoms. The summed E-state index contributed by atoms with van der Waals surface area (Å²) in [6, 6.07) is 7.43. The van der Waals surface area contributed by atoms with Gasteiger partial charge in [0.1, 0.15) is 0 Å². The van der Waals surface area contributed by atoms with Crippen LogP contribution in [0.5, 0.6) is 0 Å². The Kier molecular flexibility index (Phi) is 3.75. The second-order valence-electron chi connectivity index (χ2n) is 2.47. The van der Waals surface area contributed by atoms with Crippen molar-refractivity contribution in [1.29, 1.82) is 0 Å². The van der Waals surface area contributed by atoms with Gasteiger partial charge in [-0.05, 0) is 42.8 Å². The summed E-state index contributed by atoms with van der Waals surface area (Å²) in [7, 11) is 0. The first-order chi connectivity index (χ1) is 6.15. The SMILES string of the molecule is CCN(C(=O)Cl)c1ccc(Br)cc1. The van der Waals surface area contributed by atoms with Crippen molar-refractivity contribution in [2.45, 2.75) is 6.92 Å². The first-order valence-electron chi connectivity index (χ1n) is 3.87. The smallest absolute Gasteiger partial charge is 0.299 e. The fourth-order valence-corrected chi connectivity index (χ4v) is 1.51. The van der Waals surface area contributed by atoms with Crippen molar-refractivity contribution in [3.05, 3.63) is 28.7 Å².